The summed E-state index contributed by atoms with van der Waals surface area (Å²) in [5.74, 6) is -1.18. The Balaban J connectivity index is 1.84. The molecular formula is C18H13ClFN3O. The smallest absolute Gasteiger partial charge is 0.233 e. The molecule has 0 radical (unpaired) electrons. The van der Waals surface area contributed by atoms with Gasteiger partial charge in [0.15, 0.2) is 0 Å². The zero-order chi connectivity index (χ0) is 17.1. The molecule has 2 aromatic carbocycles. The number of halogens is 2. The van der Waals surface area contributed by atoms with Gasteiger partial charge in [-0.05, 0) is 36.4 Å². The van der Waals surface area contributed by atoms with Gasteiger partial charge in [0.1, 0.15) is 5.82 Å². The molecular weight excluding hydrogens is 329 g/mol. The summed E-state index contributed by atoms with van der Waals surface area (Å²) in [4.78, 5) is 22.2. The highest BCUT2D eigenvalue weighted by molar-refractivity contribution is 6.30. The number of hydrogen-bond donors (Lipinski definition) is 0. The molecule has 0 saturated heterocycles. The molecule has 0 aliphatic heterocycles. The lowest BCUT2D eigenvalue weighted by Crippen LogP contribution is -2.13. The highest BCUT2D eigenvalue weighted by Gasteiger charge is 2.16. The summed E-state index contributed by atoms with van der Waals surface area (Å²) in [5, 5.41) is 0.647. The first-order valence-electron chi connectivity index (χ1n) is 7.17. The molecule has 0 aliphatic rings. The summed E-state index contributed by atoms with van der Waals surface area (Å²) in [7, 11) is 1.85. The topological polar surface area (TPSA) is 46.1 Å². The molecule has 1 aromatic heterocycles. The van der Waals surface area contributed by atoms with Crippen LogP contribution in [0.25, 0.3) is 0 Å². The van der Waals surface area contributed by atoms with Gasteiger partial charge in [-0.3, -0.25) is 4.79 Å². The predicted molar refractivity (Wildman–Crippen MR) is 91.4 cm³/mol. The molecule has 0 amide bonds. The summed E-state index contributed by atoms with van der Waals surface area (Å²) in [6, 6.07) is 13.1. The molecule has 6 heteroatoms. The van der Waals surface area contributed by atoms with Gasteiger partial charge in [0.05, 0.1) is 23.6 Å². The zero-order valence-electron chi connectivity index (χ0n) is 12.8. The van der Waals surface area contributed by atoms with Gasteiger partial charge in [-0.1, -0.05) is 23.7 Å². The van der Waals surface area contributed by atoms with Gasteiger partial charge >= 0.3 is 0 Å². The van der Waals surface area contributed by atoms with Gasteiger partial charge in [0.2, 0.25) is 11.6 Å². The number of aromatic nitrogens is 2. The van der Waals surface area contributed by atoms with Crippen molar-refractivity contribution in [3.63, 3.8) is 0 Å². The van der Waals surface area contributed by atoms with Crippen LogP contribution in [-0.4, -0.2) is 22.8 Å². The van der Waals surface area contributed by atoms with E-state index >= 15 is 0 Å². The number of carbonyl (C=O) groups excluding carboxylic acids is 1. The van der Waals surface area contributed by atoms with Crippen molar-refractivity contribution in [2.24, 2.45) is 0 Å². The van der Waals surface area contributed by atoms with Gasteiger partial charge in [-0.15, -0.1) is 0 Å². The van der Waals surface area contributed by atoms with Crippen molar-refractivity contribution in [2.45, 2.75) is 0 Å². The van der Waals surface area contributed by atoms with Crippen LogP contribution in [0.4, 0.5) is 15.8 Å². The summed E-state index contributed by atoms with van der Waals surface area (Å²) in [5.41, 5.74) is 1.55. The lowest BCUT2D eigenvalue weighted by Gasteiger charge is -2.18. The fraction of sp³-hybridized carbons (Fsp3) is 0.0556. The van der Waals surface area contributed by atoms with Crippen LogP contribution in [-0.2, 0) is 0 Å². The minimum Gasteiger partial charge on any atom is -0.342 e. The molecule has 24 heavy (non-hydrogen) atoms. The van der Waals surface area contributed by atoms with Crippen LogP contribution in [0.3, 0.4) is 0 Å². The van der Waals surface area contributed by atoms with Crippen LogP contribution in [0.5, 0.6) is 0 Å². The average Bonchev–Trinajstić information content (AvgIpc) is 2.62. The maximum atomic E-state index is 13.7. The molecule has 3 rings (SSSR count). The number of benzene rings is 2. The van der Waals surface area contributed by atoms with E-state index in [4.69, 9.17) is 11.6 Å². The molecule has 0 unspecified atom stereocenters. The standard InChI is InChI=1S/C18H13ClFN3O/c1-23(13-8-6-12(19)7-9-13)14-10-21-18(22-11-14)17(24)15-4-2-3-5-16(15)20/h2-11H,1H3. The zero-order valence-corrected chi connectivity index (χ0v) is 13.5. The van der Waals surface area contributed by atoms with E-state index < -0.39 is 11.6 Å². The number of nitrogens with zero attached hydrogens (tertiary/aromatic N) is 3. The van der Waals surface area contributed by atoms with Gasteiger partial charge in [-0.25, -0.2) is 14.4 Å². The molecule has 4 nitrogen and oxygen atoms in total. The second-order valence-electron chi connectivity index (χ2n) is 5.11. The van der Waals surface area contributed by atoms with Crippen LogP contribution >= 0.6 is 11.6 Å². The van der Waals surface area contributed by atoms with Crippen molar-refractivity contribution < 1.29 is 9.18 Å². The van der Waals surface area contributed by atoms with E-state index in [0.29, 0.717) is 10.7 Å². The lowest BCUT2D eigenvalue weighted by atomic mass is 10.1. The van der Waals surface area contributed by atoms with E-state index in [1.165, 1.54) is 30.6 Å². The van der Waals surface area contributed by atoms with Crippen molar-refractivity contribution >= 4 is 28.8 Å². The van der Waals surface area contributed by atoms with E-state index in [0.717, 1.165) is 5.69 Å². The highest BCUT2D eigenvalue weighted by Crippen LogP contribution is 2.24. The van der Waals surface area contributed by atoms with Crippen LogP contribution in [0.2, 0.25) is 5.02 Å². The Labute approximate surface area is 143 Å². The fourth-order valence-electron chi connectivity index (χ4n) is 2.19. The Morgan fingerprint density at radius 2 is 1.62 bits per heavy atom. The Bertz CT molecular complexity index is 866. The molecule has 3 aromatic rings. The maximum Gasteiger partial charge on any atom is 0.233 e. The van der Waals surface area contributed by atoms with Crippen LogP contribution in [0.1, 0.15) is 16.2 Å². The molecule has 0 aliphatic carbocycles. The third-order valence-electron chi connectivity index (χ3n) is 3.56. The molecule has 0 N–H and O–H groups in total. The first-order valence-corrected chi connectivity index (χ1v) is 7.54. The second-order valence-corrected chi connectivity index (χ2v) is 5.55. The summed E-state index contributed by atoms with van der Waals surface area (Å²) >= 11 is 5.88. The Morgan fingerprint density at radius 1 is 1.00 bits per heavy atom. The molecule has 0 fully saturated rings. The normalized spacial score (nSPS) is 10.5. The summed E-state index contributed by atoms with van der Waals surface area (Å²) in [6.45, 7) is 0. The molecule has 1 heterocycles. The van der Waals surface area contributed by atoms with Crippen molar-refractivity contribution in [3.05, 3.63) is 83.2 Å². The van der Waals surface area contributed by atoms with Crippen molar-refractivity contribution in [1.82, 2.24) is 9.97 Å². The fourth-order valence-corrected chi connectivity index (χ4v) is 2.32. The third kappa shape index (κ3) is 3.26. The number of hydrogen-bond acceptors (Lipinski definition) is 4. The third-order valence-corrected chi connectivity index (χ3v) is 3.81. The summed E-state index contributed by atoms with van der Waals surface area (Å²) < 4.78 is 13.7. The minimum atomic E-state index is -0.589. The van der Waals surface area contributed by atoms with E-state index in [1.807, 2.05) is 24.1 Å². The van der Waals surface area contributed by atoms with Crippen LogP contribution in [0, 0.1) is 5.82 Å². The van der Waals surface area contributed by atoms with Gasteiger partial charge in [-0.2, -0.15) is 0 Å². The first kappa shape index (κ1) is 16.1. The predicted octanol–water partition coefficient (Wildman–Crippen LogP) is 4.27. The Morgan fingerprint density at radius 3 is 2.25 bits per heavy atom. The average molecular weight is 342 g/mol. The van der Waals surface area contributed by atoms with Crippen molar-refractivity contribution in [2.75, 3.05) is 11.9 Å². The van der Waals surface area contributed by atoms with E-state index in [9.17, 15) is 9.18 Å². The number of rotatable bonds is 4. The van der Waals surface area contributed by atoms with E-state index in [2.05, 4.69) is 9.97 Å². The Kier molecular flexibility index (Phi) is 4.53. The largest absolute Gasteiger partial charge is 0.342 e. The van der Waals surface area contributed by atoms with Crippen LogP contribution < -0.4 is 4.90 Å². The molecule has 0 spiro atoms. The molecule has 0 atom stereocenters. The van der Waals surface area contributed by atoms with E-state index in [-0.39, 0.29) is 11.4 Å². The van der Waals surface area contributed by atoms with Crippen LogP contribution in [0.15, 0.2) is 60.9 Å². The minimum absolute atomic E-state index is 0.0451. The summed E-state index contributed by atoms with van der Waals surface area (Å²) in [6.07, 6.45) is 3.05. The Hall–Kier alpha value is -2.79. The molecule has 0 saturated carbocycles. The second kappa shape index (κ2) is 6.76. The van der Waals surface area contributed by atoms with E-state index in [1.54, 1.807) is 18.2 Å². The quantitative estimate of drug-likeness (QED) is 0.665. The molecule has 0 bridgehead atoms. The van der Waals surface area contributed by atoms with Gasteiger partial charge in [0, 0.05) is 17.8 Å². The monoisotopic (exact) mass is 341 g/mol. The number of ketones is 1. The van der Waals surface area contributed by atoms with Gasteiger partial charge < -0.3 is 4.90 Å². The highest BCUT2D eigenvalue weighted by atomic mass is 35.5. The van der Waals surface area contributed by atoms with Gasteiger partial charge in [0.25, 0.3) is 0 Å². The number of carbonyl (C=O) groups is 1. The lowest BCUT2D eigenvalue weighted by molar-refractivity contribution is 0.102. The molecule has 120 valence electrons. The first-order chi connectivity index (χ1) is 11.6. The number of anilines is 2. The van der Waals surface area contributed by atoms with Crippen molar-refractivity contribution in [1.29, 1.82) is 0 Å². The van der Waals surface area contributed by atoms with Crippen molar-refractivity contribution in [3.8, 4) is 0 Å². The SMILES string of the molecule is CN(c1ccc(Cl)cc1)c1cnc(C(=O)c2ccccc2F)nc1. The maximum absolute atomic E-state index is 13.7.